The summed E-state index contributed by atoms with van der Waals surface area (Å²) in [6.45, 7) is 3.65. The number of aromatic nitrogens is 1. The van der Waals surface area contributed by atoms with Gasteiger partial charge in [-0.15, -0.1) is 22.7 Å². The standard InChI is InChI=1S/C12H14N2O4S3/c1-7-10(19-6-13-7)5-14(3)21(17,18)11-4-9(12(15)16)20-8(11)2/h4,6H,5H2,1-3H3,(H,15,16). The lowest BCUT2D eigenvalue weighted by Crippen LogP contribution is -2.26. The number of thiazole rings is 1. The first-order chi connectivity index (χ1) is 9.73. The lowest BCUT2D eigenvalue weighted by molar-refractivity contribution is 0.0702. The normalized spacial score (nSPS) is 12.0. The predicted molar refractivity (Wildman–Crippen MR) is 81.5 cm³/mol. The number of thiophene rings is 1. The third kappa shape index (κ3) is 3.15. The van der Waals surface area contributed by atoms with Crippen LogP contribution in [-0.4, -0.2) is 35.8 Å². The number of carboxylic acids is 1. The van der Waals surface area contributed by atoms with Crippen molar-refractivity contribution in [2.24, 2.45) is 0 Å². The fourth-order valence-electron chi connectivity index (χ4n) is 1.76. The molecule has 2 aromatic heterocycles. The van der Waals surface area contributed by atoms with Crippen LogP contribution in [0.5, 0.6) is 0 Å². The van der Waals surface area contributed by atoms with E-state index < -0.39 is 16.0 Å². The van der Waals surface area contributed by atoms with Crippen LogP contribution >= 0.6 is 22.7 Å². The van der Waals surface area contributed by atoms with Gasteiger partial charge in [-0.05, 0) is 19.9 Å². The van der Waals surface area contributed by atoms with Crippen LogP contribution in [0.15, 0.2) is 16.5 Å². The first-order valence-corrected chi connectivity index (χ1v) is 9.06. The zero-order valence-electron chi connectivity index (χ0n) is 11.7. The summed E-state index contributed by atoms with van der Waals surface area (Å²) >= 11 is 2.36. The number of aromatic carboxylic acids is 1. The largest absolute Gasteiger partial charge is 0.477 e. The molecule has 0 amide bonds. The van der Waals surface area contributed by atoms with Gasteiger partial charge in [0.1, 0.15) is 4.88 Å². The smallest absolute Gasteiger partial charge is 0.345 e. The van der Waals surface area contributed by atoms with E-state index in [4.69, 9.17) is 5.11 Å². The van der Waals surface area contributed by atoms with Crippen LogP contribution in [-0.2, 0) is 16.6 Å². The van der Waals surface area contributed by atoms with Gasteiger partial charge in [-0.2, -0.15) is 4.31 Å². The molecule has 0 unspecified atom stereocenters. The lowest BCUT2D eigenvalue weighted by Gasteiger charge is -2.16. The summed E-state index contributed by atoms with van der Waals surface area (Å²) in [4.78, 5) is 16.5. The van der Waals surface area contributed by atoms with Crippen molar-refractivity contribution in [3.05, 3.63) is 31.9 Å². The van der Waals surface area contributed by atoms with E-state index in [0.29, 0.717) is 4.88 Å². The highest BCUT2D eigenvalue weighted by molar-refractivity contribution is 7.89. The molecule has 6 nitrogen and oxygen atoms in total. The molecule has 9 heteroatoms. The van der Waals surface area contributed by atoms with Crippen LogP contribution in [0.25, 0.3) is 0 Å². The minimum Gasteiger partial charge on any atom is -0.477 e. The molecular formula is C12H14N2O4S3. The highest BCUT2D eigenvalue weighted by Crippen LogP contribution is 2.29. The van der Waals surface area contributed by atoms with Crippen LogP contribution < -0.4 is 0 Å². The van der Waals surface area contributed by atoms with Crippen LogP contribution in [0, 0.1) is 13.8 Å². The number of carbonyl (C=O) groups is 1. The third-order valence-electron chi connectivity index (χ3n) is 2.98. The Morgan fingerprint density at radius 1 is 1.43 bits per heavy atom. The fraction of sp³-hybridized carbons (Fsp3) is 0.333. The second-order valence-electron chi connectivity index (χ2n) is 4.46. The van der Waals surface area contributed by atoms with Crippen molar-refractivity contribution in [2.45, 2.75) is 25.3 Å². The van der Waals surface area contributed by atoms with Crippen molar-refractivity contribution < 1.29 is 18.3 Å². The Kier molecular flexibility index (Phi) is 4.47. The molecule has 0 aliphatic rings. The Balaban J connectivity index is 2.33. The molecule has 1 N–H and O–H groups in total. The molecule has 2 rings (SSSR count). The van der Waals surface area contributed by atoms with Gasteiger partial charge in [-0.3, -0.25) is 0 Å². The van der Waals surface area contributed by atoms with Crippen molar-refractivity contribution in [3.63, 3.8) is 0 Å². The summed E-state index contributed by atoms with van der Waals surface area (Å²) in [5, 5.41) is 8.97. The summed E-state index contributed by atoms with van der Waals surface area (Å²) in [5.41, 5.74) is 2.47. The Labute approximate surface area is 130 Å². The maximum atomic E-state index is 12.6. The first-order valence-electron chi connectivity index (χ1n) is 5.92. The molecule has 0 atom stereocenters. The van der Waals surface area contributed by atoms with Crippen LogP contribution in [0.4, 0.5) is 0 Å². The number of hydrogen-bond acceptors (Lipinski definition) is 6. The molecule has 0 spiro atoms. The van der Waals surface area contributed by atoms with Gasteiger partial charge < -0.3 is 5.11 Å². The Morgan fingerprint density at radius 2 is 2.10 bits per heavy atom. The van der Waals surface area contributed by atoms with Gasteiger partial charge in [0.25, 0.3) is 0 Å². The summed E-state index contributed by atoms with van der Waals surface area (Å²) in [7, 11) is -2.24. The van der Waals surface area contributed by atoms with Crippen LogP contribution in [0.2, 0.25) is 0 Å². The van der Waals surface area contributed by atoms with Gasteiger partial charge in [0.05, 0.1) is 16.1 Å². The Hall–Kier alpha value is -1.29. The van der Waals surface area contributed by atoms with E-state index in [1.54, 1.807) is 12.4 Å². The number of nitrogens with zero attached hydrogens (tertiary/aromatic N) is 2. The predicted octanol–water partition coefficient (Wildman–Crippen LogP) is 2.34. The third-order valence-corrected chi connectivity index (χ3v) is 7.00. The SMILES string of the molecule is Cc1ncsc1CN(C)S(=O)(=O)c1cc(C(=O)O)sc1C. The summed E-state index contributed by atoms with van der Waals surface area (Å²) in [5.74, 6) is -1.12. The average molecular weight is 346 g/mol. The van der Waals surface area contributed by atoms with Gasteiger partial charge in [0.15, 0.2) is 0 Å². The van der Waals surface area contributed by atoms with Crippen molar-refractivity contribution >= 4 is 38.7 Å². The van der Waals surface area contributed by atoms with E-state index in [1.165, 1.54) is 28.8 Å². The second-order valence-corrected chi connectivity index (χ2v) is 8.67. The zero-order chi connectivity index (χ0) is 15.8. The van der Waals surface area contributed by atoms with Crippen LogP contribution in [0.3, 0.4) is 0 Å². The van der Waals surface area contributed by atoms with E-state index in [-0.39, 0.29) is 16.3 Å². The topological polar surface area (TPSA) is 87.6 Å². The molecule has 21 heavy (non-hydrogen) atoms. The monoisotopic (exact) mass is 346 g/mol. The molecule has 0 saturated carbocycles. The number of rotatable bonds is 5. The number of sulfonamides is 1. The quantitative estimate of drug-likeness (QED) is 0.898. The van der Waals surface area contributed by atoms with Crippen molar-refractivity contribution in [3.8, 4) is 0 Å². The summed E-state index contributed by atoms with van der Waals surface area (Å²) in [6.07, 6.45) is 0. The van der Waals surface area contributed by atoms with Crippen LogP contribution in [0.1, 0.15) is 25.1 Å². The van der Waals surface area contributed by atoms with E-state index >= 15 is 0 Å². The maximum Gasteiger partial charge on any atom is 0.345 e. The average Bonchev–Trinajstić information content (AvgIpc) is 2.96. The summed E-state index contributed by atoms with van der Waals surface area (Å²) in [6, 6.07) is 1.22. The molecule has 0 saturated heterocycles. The van der Waals surface area contributed by atoms with E-state index in [0.717, 1.165) is 21.9 Å². The lowest BCUT2D eigenvalue weighted by atomic mass is 10.4. The second kappa shape index (κ2) is 5.84. The molecule has 0 aliphatic carbocycles. The van der Waals surface area contributed by atoms with E-state index in [9.17, 15) is 13.2 Å². The van der Waals surface area contributed by atoms with E-state index in [2.05, 4.69) is 4.98 Å². The minimum absolute atomic E-state index is 0.0217. The molecule has 0 radical (unpaired) electrons. The maximum absolute atomic E-state index is 12.6. The highest BCUT2D eigenvalue weighted by Gasteiger charge is 2.27. The molecule has 2 heterocycles. The molecule has 0 bridgehead atoms. The van der Waals surface area contributed by atoms with Gasteiger partial charge in [0.2, 0.25) is 10.0 Å². The number of hydrogen-bond donors (Lipinski definition) is 1. The highest BCUT2D eigenvalue weighted by atomic mass is 32.2. The summed E-state index contributed by atoms with van der Waals surface area (Å²) < 4.78 is 26.3. The van der Waals surface area contributed by atoms with Crippen molar-refractivity contribution in [2.75, 3.05) is 7.05 Å². The molecular weight excluding hydrogens is 332 g/mol. The Bertz CT molecular complexity index is 776. The molecule has 0 aliphatic heterocycles. The molecule has 2 aromatic rings. The Morgan fingerprint density at radius 3 is 2.57 bits per heavy atom. The van der Waals surface area contributed by atoms with E-state index in [1.807, 2.05) is 6.92 Å². The number of aryl methyl sites for hydroxylation is 2. The first kappa shape index (κ1) is 16.1. The fourth-order valence-corrected chi connectivity index (χ4v) is 5.21. The van der Waals surface area contributed by atoms with Gasteiger partial charge >= 0.3 is 5.97 Å². The number of carboxylic acid groups (broad SMARTS) is 1. The molecule has 114 valence electrons. The van der Waals surface area contributed by atoms with Crippen molar-refractivity contribution in [1.82, 2.24) is 9.29 Å². The van der Waals surface area contributed by atoms with Crippen molar-refractivity contribution in [1.29, 1.82) is 0 Å². The van der Waals surface area contributed by atoms with Gasteiger partial charge in [0, 0.05) is 23.3 Å². The van der Waals surface area contributed by atoms with Gasteiger partial charge in [-0.1, -0.05) is 0 Å². The molecule has 0 fully saturated rings. The van der Waals surface area contributed by atoms with Gasteiger partial charge in [-0.25, -0.2) is 18.2 Å². The zero-order valence-corrected chi connectivity index (χ0v) is 14.1. The minimum atomic E-state index is -3.72. The molecule has 0 aromatic carbocycles.